The SMILES string of the molecule is CC(CCC(C)(C)O)[C@H]1CCC2C3CC[C@H]4C[C@](C)(O)CC[C@]4(C)C3CC[C@@]21C. The van der Waals surface area contributed by atoms with Gasteiger partial charge in [-0.15, -0.1) is 0 Å². The minimum absolute atomic E-state index is 0.422. The zero-order valence-electron chi connectivity index (χ0n) is 20.1. The van der Waals surface area contributed by atoms with Crippen LogP contribution in [0.25, 0.3) is 0 Å². The first-order chi connectivity index (χ1) is 13.4. The molecule has 0 bridgehead atoms. The number of hydrogen-bond acceptors (Lipinski definition) is 2. The van der Waals surface area contributed by atoms with Crippen molar-refractivity contribution in [2.24, 2.45) is 46.3 Å². The molecule has 4 fully saturated rings. The van der Waals surface area contributed by atoms with Crippen LogP contribution in [0, 0.1) is 46.3 Å². The van der Waals surface area contributed by atoms with Crippen molar-refractivity contribution in [1.29, 1.82) is 0 Å². The maximum atomic E-state index is 10.7. The van der Waals surface area contributed by atoms with E-state index < -0.39 is 11.2 Å². The van der Waals surface area contributed by atoms with Crippen LogP contribution in [0.15, 0.2) is 0 Å². The molecule has 2 heteroatoms. The highest BCUT2D eigenvalue weighted by Gasteiger charge is 2.61. The summed E-state index contributed by atoms with van der Waals surface area (Å²) in [4.78, 5) is 0. The monoisotopic (exact) mass is 404 g/mol. The lowest BCUT2D eigenvalue weighted by molar-refractivity contribution is -0.148. The second kappa shape index (κ2) is 7.22. The fourth-order valence-corrected chi connectivity index (χ4v) is 9.19. The molecule has 2 nitrogen and oxygen atoms in total. The predicted molar refractivity (Wildman–Crippen MR) is 121 cm³/mol. The van der Waals surface area contributed by atoms with Gasteiger partial charge in [0.05, 0.1) is 11.2 Å². The minimum atomic E-state index is -0.528. The zero-order chi connectivity index (χ0) is 21.2. The molecule has 4 saturated carbocycles. The third kappa shape index (κ3) is 3.84. The van der Waals surface area contributed by atoms with Crippen LogP contribution in [0.3, 0.4) is 0 Å². The van der Waals surface area contributed by atoms with E-state index in [2.05, 4.69) is 27.7 Å². The second-order valence-corrected chi connectivity index (χ2v) is 13.4. The largest absolute Gasteiger partial charge is 0.390 e. The van der Waals surface area contributed by atoms with Crippen LogP contribution < -0.4 is 0 Å². The first-order valence-electron chi connectivity index (χ1n) is 12.8. The standard InChI is InChI=1S/C27H48O2/c1-18(11-13-24(2,3)28)21-9-10-22-20-8-7-19-17-25(4,29)15-16-26(19,5)23(20)12-14-27(21,22)6/h18-23,28-29H,7-17H2,1-6H3/t18?,19-,20?,21+,22?,23?,25+,26-,27+/m0/s1. The molecule has 9 atom stereocenters. The van der Waals surface area contributed by atoms with Crippen molar-refractivity contribution in [3.63, 3.8) is 0 Å². The molecule has 4 unspecified atom stereocenters. The summed E-state index contributed by atoms with van der Waals surface area (Å²) < 4.78 is 0. The number of rotatable bonds is 4. The quantitative estimate of drug-likeness (QED) is 0.555. The van der Waals surface area contributed by atoms with Crippen LogP contribution in [0.2, 0.25) is 0 Å². The van der Waals surface area contributed by atoms with Gasteiger partial charge in [0.25, 0.3) is 0 Å². The van der Waals surface area contributed by atoms with Gasteiger partial charge in [-0.3, -0.25) is 0 Å². The van der Waals surface area contributed by atoms with Crippen LogP contribution >= 0.6 is 0 Å². The van der Waals surface area contributed by atoms with Crippen molar-refractivity contribution in [2.75, 3.05) is 0 Å². The highest BCUT2D eigenvalue weighted by atomic mass is 16.3. The van der Waals surface area contributed by atoms with Crippen molar-refractivity contribution < 1.29 is 10.2 Å². The second-order valence-electron chi connectivity index (χ2n) is 13.4. The number of aliphatic hydroxyl groups is 2. The molecular weight excluding hydrogens is 356 g/mol. The van der Waals surface area contributed by atoms with Crippen LogP contribution in [-0.4, -0.2) is 21.4 Å². The van der Waals surface area contributed by atoms with Gasteiger partial charge in [0, 0.05) is 0 Å². The fraction of sp³-hybridized carbons (Fsp3) is 1.00. The Morgan fingerprint density at radius 2 is 1.59 bits per heavy atom. The number of hydrogen-bond donors (Lipinski definition) is 2. The van der Waals surface area contributed by atoms with E-state index in [9.17, 15) is 10.2 Å². The molecule has 4 aliphatic rings. The molecule has 29 heavy (non-hydrogen) atoms. The van der Waals surface area contributed by atoms with Crippen molar-refractivity contribution in [1.82, 2.24) is 0 Å². The maximum Gasteiger partial charge on any atom is 0.0622 e. The molecule has 4 rings (SSSR count). The minimum Gasteiger partial charge on any atom is -0.390 e. The molecule has 0 saturated heterocycles. The third-order valence-corrected chi connectivity index (χ3v) is 10.9. The van der Waals surface area contributed by atoms with Gasteiger partial charge < -0.3 is 10.2 Å². The Hall–Kier alpha value is -0.0800. The van der Waals surface area contributed by atoms with Gasteiger partial charge in [0.2, 0.25) is 0 Å². The van der Waals surface area contributed by atoms with E-state index in [1.807, 2.05) is 13.8 Å². The summed E-state index contributed by atoms with van der Waals surface area (Å²) in [7, 11) is 0. The van der Waals surface area contributed by atoms with Crippen LogP contribution in [0.5, 0.6) is 0 Å². The molecule has 0 aromatic heterocycles. The Bertz CT molecular complexity index is 604. The molecule has 0 spiro atoms. The molecule has 4 aliphatic carbocycles. The van der Waals surface area contributed by atoms with Crippen molar-refractivity contribution in [3.8, 4) is 0 Å². The lowest BCUT2D eigenvalue weighted by atomic mass is 9.43. The average molecular weight is 405 g/mol. The summed E-state index contributed by atoms with van der Waals surface area (Å²) in [6.07, 6.45) is 13.8. The van der Waals surface area contributed by atoms with Gasteiger partial charge in [0.1, 0.15) is 0 Å². The summed E-state index contributed by atoms with van der Waals surface area (Å²) >= 11 is 0. The molecule has 0 radical (unpaired) electrons. The van der Waals surface area contributed by atoms with Crippen LogP contribution in [-0.2, 0) is 0 Å². The number of fused-ring (bicyclic) bond motifs is 5. The van der Waals surface area contributed by atoms with Gasteiger partial charge in [-0.1, -0.05) is 20.8 Å². The van der Waals surface area contributed by atoms with Gasteiger partial charge in [-0.25, -0.2) is 0 Å². The summed E-state index contributed by atoms with van der Waals surface area (Å²) in [5.74, 6) is 5.03. The lowest BCUT2D eigenvalue weighted by Crippen LogP contribution is -2.55. The third-order valence-electron chi connectivity index (χ3n) is 10.9. The molecule has 0 amide bonds. The highest BCUT2D eigenvalue weighted by Crippen LogP contribution is 2.68. The summed E-state index contributed by atoms with van der Waals surface area (Å²) in [5, 5.41) is 20.9. The van der Waals surface area contributed by atoms with Crippen molar-refractivity contribution in [3.05, 3.63) is 0 Å². The molecule has 0 aromatic carbocycles. The molecule has 168 valence electrons. The van der Waals surface area contributed by atoms with E-state index in [0.29, 0.717) is 10.8 Å². The van der Waals surface area contributed by atoms with E-state index in [-0.39, 0.29) is 0 Å². The van der Waals surface area contributed by atoms with Crippen LogP contribution in [0.4, 0.5) is 0 Å². The van der Waals surface area contributed by atoms with E-state index >= 15 is 0 Å². The molecule has 0 aromatic rings. The van der Waals surface area contributed by atoms with Gasteiger partial charge >= 0.3 is 0 Å². The van der Waals surface area contributed by atoms with Gasteiger partial charge in [0.15, 0.2) is 0 Å². The van der Waals surface area contributed by atoms with Crippen molar-refractivity contribution >= 4 is 0 Å². The molecular formula is C27H48O2. The summed E-state index contributed by atoms with van der Waals surface area (Å²) in [5.41, 5.74) is 0.0369. The fourth-order valence-electron chi connectivity index (χ4n) is 9.19. The Kier molecular flexibility index (Phi) is 5.51. The van der Waals surface area contributed by atoms with E-state index in [1.54, 1.807) is 0 Å². The zero-order valence-corrected chi connectivity index (χ0v) is 20.1. The van der Waals surface area contributed by atoms with Crippen LogP contribution in [0.1, 0.15) is 112 Å². The summed E-state index contributed by atoms with van der Waals surface area (Å²) in [6.45, 7) is 13.7. The Morgan fingerprint density at radius 3 is 2.28 bits per heavy atom. The maximum absolute atomic E-state index is 10.7. The van der Waals surface area contributed by atoms with E-state index in [0.717, 1.165) is 54.8 Å². The smallest absolute Gasteiger partial charge is 0.0622 e. The van der Waals surface area contributed by atoms with Gasteiger partial charge in [-0.2, -0.15) is 0 Å². The predicted octanol–water partition coefficient (Wildman–Crippen LogP) is 6.58. The molecule has 0 heterocycles. The first-order valence-corrected chi connectivity index (χ1v) is 12.8. The lowest BCUT2D eigenvalue weighted by Gasteiger charge is -2.62. The van der Waals surface area contributed by atoms with E-state index in [4.69, 9.17) is 0 Å². The Morgan fingerprint density at radius 1 is 0.897 bits per heavy atom. The summed E-state index contributed by atoms with van der Waals surface area (Å²) in [6, 6.07) is 0. The van der Waals surface area contributed by atoms with E-state index in [1.165, 1.54) is 51.4 Å². The van der Waals surface area contributed by atoms with Crippen molar-refractivity contribution in [2.45, 2.75) is 123 Å². The first kappa shape index (κ1) is 22.1. The highest BCUT2D eigenvalue weighted by molar-refractivity contribution is 5.10. The van der Waals surface area contributed by atoms with Gasteiger partial charge in [-0.05, 0) is 138 Å². The average Bonchev–Trinajstić information content (AvgIpc) is 2.97. The molecule has 2 N–H and O–H groups in total. The Labute approximate surface area is 180 Å². The topological polar surface area (TPSA) is 40.5 Å². The Balaban J connectivity index is 1.49. The molecule has 0 aliphatic heterocycles. The normalized spacial score (nSPS) is 51.1.